The molecule has 110 valence electrons. The predicted octanol–water partition coefficient (Wildman–Crippen LogP) is 3.86. The van der Waals surface area contributed by atoms with Gasteiger partial charge in [0.15, 0.2) is 0 Å². The third-order valence-electron chi connectivity index (χ3n) is 4.85. The molecular weight excluding hydrogens is 246 g/mol. The molecule has 2 heterocycles. The van der Waals surface area contributed by atoms with E-state index in [1.54, 1.807) is 0 Å². The Morgan fingerprint density at radius 2 is 2.20 bits per heavy atom. The predicted molar refractivity (Wildman–Crippen MR) is 82.9 cm³/mol. The maximum Gasteiger partial charge on any atom is 0.0627 e. The van der Waals surface area contributed by atoms with Crippen molar-refractivity contribution in [3.63, 3.8) is 0 Å². The summed E-state index contributed by atoms with van der Waals surface area (Å²) >= 11 is 0. The molecule has 2 heteroatoms. The molecule has 1 N–H and O–H groups in total. The first-order valence-electron chi connectivity index (χ1n) is 8.29. The Kier molecular flexibility index (Phi) is 4.42. The lowest BCUT2D eigenvalue weighted by molar-refractivity contribution is 0.0858. The molecule has 20 heavy (non-hydrogen) atoms. The third-order valence-corrected chi connectivity index (χ3v) is 4.85. The van der Waals surface area contributed by atoms with Crippen LogP contribution in [-0.4, -0.2) is 18.8 Å². The molecule has 1 aromatic rings. The number of nitrogens with one attached hydrogen (secondary N) is 1. The molecule has 0 aliphatic carbocycles. The van der Waals surface area contributed by atoms with E-state index in [0.29, 0.717) is 24.2 Å². The molecule has 2 fully saturated rings. The van der Waals surface area contributed by atoms with E-state index in [-0.39, 0.29) is 0 Å². The van der Waals surface area contributed by atoms with Crippen LogP contribution >= 0.6 is 0 Å². The van der Waals surface area contributed by atoms with Crippen LogP contribution in [0.1, 0.15) is 56.7 Å². The van der Waals surface area contributed by atoms with Crippen molar-refractivity contribution < 1.29 is 4.74 Å². The first-order valence-corrected chi connectivity index (χ1v) is 8.29. The monoisotopic (exact) mass is 273 g/mol. The van der Waals surface area contributed by atoms with E-state index < -0.39 is 0 Å². The Labute approximate surface area is 122 Å². The first kappa shape index (κ1) is 14.1. The summed E-state index contributed by atoms with van der Waals surface area (Å²) in [6.45, 7) is 5.48. The molecule has 2 nitrogen and oxygen atoms in total. The van der Waals surface area contributed by atoms with Gasteiger partial charge in [-0.1, -0.05) is 44.5 Å². The van der Waals surface area contributed by atoms with E-state index in [0.717, 1.165) is 6.54 Å². The maximum absolute atomic E-state index is 6.07. The highest BCUT2D eigenvalue weighted by atomic mass is 16.5. The van der Waals surface area contributed by atoms with Crippen molar-refractivity contribution in [2.45, 2.75) is 64.2 Å². The Hall–Kier alpha value is -0.860. The van der Waals surface area contributed by atoms with Crippen LogP contribution in [0.3, 0.4) is 0 Å². The van der Waals surface area contributed by atoms with E-state index in [1.165, 1.54) is 43.2 Å². The van der Waals surface area contributed by atoms with Gasteiger partial charge >= 0.3 is 0 Å². The number of ether oxygens (including phenoxy) is 1. The molecule has 2 bridgehead atoms. The summed E-state index contributed by atoms with van der Waals surface area (Å²) in [7, 11) is 0. The van der Waals surface area contributed by atoms with E-state index in [1.807, 2.05) is 0 Å². The molecular formula is C18H27NO. The summed E-state index contributed by atoms with van der Waals surface area (Å²) in [6, 6.07) is 9.64. The van der Waals surface area contributed by atoms with Gasteiger partial charge in [-0.25, -0.2) is 0 Å². The molecule has 2 saturated heterocycles. The average molecular weight is 273 g/mol. The molecule has 2 aliphatic rings. The van der Waals surface area contributed by atoms with Crippen molar-refractivity contribution in [3.8, 4) is 0 Å². The number of aryl methyl sites for hydroxylation is 1. The van der Waals surface area contributed by atoms with Crippen LogP contribution in [0.15, 0.2) is 24.3 Å². The van der Waals surface area contributed by atoms with Crippen LogP contribution in [0.5, 0.6) is 0 Å². The summed E-state index contributed by atoms with van der Waals surface area (Å²) < 4.78 is 6.07. The second-order valence-electron chi connectivity index (χ2n) is 6.30. The molecule has 0 spiro atoms. The molecule has 0 saturated carbocycles. The highest BCUT2D eigenvalue weighted by molar-refractivity contribution is 5.27. The number of benzene rings is 1. The van der Waals surface area contributed by atoms with Crippen LogP contribution in [0.2, 0.25) is 0 Å². The second kappa shape index (κ2) is 6.28. The molecule has 3 rings (SSSR count). The van der Waals surface area contributed by atoms with Crippen LogP contribution < -0.4 is 5.32 Å². The van der Waals surface area contributed by atoms with Gasteiger partial charge in [0.25, 0.3) is 0 Å². The smallest absolute Gasteiger partial charge is 0.0627 e. The lowest BCUT2D eigenvalue weighted by Gasteiger charge is -2.30. The van der Waals surface area contributed by atoms with Crippen LogP contribution in [0.4, 0.5) is 0 Å². The Balaban J connectivity index is 1.81. The van der Waals surface area contributed by atoms with Crippen molar-refractivity contribution in [2.75, 3.05) is 6.54 Å². The molecule has 4 unspecified atom stereocenters. The van der Waals surface area contributed by atoms with Crippen molar-refractivity contribution in [3.05, 3.63) is 35.4 Å². The van der Waals surface area contributed by atoms with Crippen molar-refractivity contribution in [2.24, 2.45) is 5.92 Å². The maximum atomic E-state index is 6.07. The Morgan fingerprint density at radius 1 is 1.30 bits per heavy atom. The zero-order chi connectivity index (χ0) is 13.9. The fourth-order valence-corrected chi connectivity index (χ4v) is 3.99. The normalized spacial score (nSPS) is 29.8. The summed E-state index contributed by atoms with van der Waals surface area (Å²) in [4.78, 5) is 0. The van der Waals surface area contributed by atoms with Gasteiger partial charge in [0.05, 0.1) is 12.2 Å². The summed E-state index contributed by atoms with van der Waals surface area (Å²) in [6.07, 6.45) is 7.18. The lowest BCUT2D eigenvalue weighted by atomic mass is 9.80. The van der Waals surface area contributed by atoms with E-state index in [9.17, 15) is 0 Å². The minimum atomic E-state index is 0.465. The van der Waals surface area contributed by atoms with Crippen molar-refractivity contribution in [1.82, 2.24) is 5.32 Å². The molecule has 4 atom stereocenters. The number of hydrogen-bond acceptors (Lipinski definition) is 2. The van der Waals surface area contributed by atoms with Gasteiger partial charge in [-0.15, -0.1) is 0 Å². The zero-order valence-corrected chi connectivity index (χ0v) is 12.8. The second-order valence-corrected chi connectivity index (χ2v) is 6.30. The third kappa shape index (κ3) is 2.77. The highest BCUT2D eigenvalue weighted by Gasteiger charge is 2.44. The number of hydrogen-bond donors (Lipinski definition) is 1. The van der Waals surface area contributed by atoms with Gasteiger partial charge in [0.1, 0.15) is 0 Å². The molecule has 0 amide bonds. The molecule has 1 aromatic carbocycles. The standard InChI is InChI=1S/C18H27NO/c1-3-6-13-7-5-8-14(11-13)18(19-4-2)16-12-15-9-10-17(16)20-15/h5,7-8,11,15-19H,3-4,6,9-10,12H2,1-2H3. The van der Waals surface area contributed by atoms with E-state index >= 15 is 0 Å². The van der Waals surface area contributed by atoms with Gasteiger partial charge in [-0.3, -0.25) is 0 Å². The topological polar surface area (TPSA) is 21.3 Å². The largest absolute Gasteiger partial charge is 0.375 e. The lowest BCUT2D eigenvalue weighted by Crippen LogP contribution is -2.33. The van der Waals surface area contributed by atoms with Crippen LogP contribution in [-0.2, 0) is 11.2 Å². The fraction of sp³-hybridized carbons (Fsp3) is 0.667. The van der Waals surface area contributed by atoms with Gasteiger partial charge in [-0.2, -0.15) is 0 Å². The highest BCUT2D eigenvalue weighted by Crippen LogP contribution is 2.44. The van der Waals surface area contributed by atoms with Gasteiger partial charge in [0.2, 0.25) is 0 Å². The minimum Gasteiger partial charge on any atom is -0.375 e. The fourth-order valence-electron chi connectivity index (χ4n) is 3.99. The van der Waals surface area contributed by atoms with E-state index in [4.69, 9.17) is 4.74 Å². The van der Waals surface area contributed by atoms with Gasteiger partial charge in [0, 0.05) is 12.0 Å². The Bertz CT molecular complexity index is 445. The number of rotatable bonds is 6. The van der Waals surface area contributed by atoms with Crippen molar-refractivity contribution in [1.29, 1.82) is 0 Å². The molecule has 0 aromatic heterocycles. The molecule has 2 aliphatic heterocycles. The minimum absolute atomic E-state index is 0.465. The van der Waals surface area contributed by atoms with Crippen LogP contribution in [0.25, 0.3) is 0 Å². The SMILES string of the molecule is CCCc1cccc(C(NCC)C2CC3CCC2O3)c1. The summed E-state index contributed by atoms with van der Waals surface area (Å²) in [5.74, 6) is 0.658. The van der Waals surface area contributed by atoms with E-state index in [2.05, 4.69) is 43.4 Å². The first-order chi connectivity index (χ1) is 9.81. The Morgan fingerprint density at radius 3 is 2.85 bits per heavy atom. The van der Waals surface area contributed by atoms with Gasteiger partial charge in [-0.05, 0) is 43.4 Å². The zero-order valence-electron chi connectivity index (χ0n) is 12.8. The van der Waals surface area contributed by atoms with Crippen molar-refractivity contribution >= 4 is 0 Å². The number of fused-ring (bicyclic) bond motifs is 2. The summed E-state index contributed by atoms with van der Waals surface area (Å²) in [5, 5.41) is 3.72. The molecule has 0 radical (unpaired) electrons. The van der Waals surface area contributed by atoms with Crippen LogP contribution in [0, 0.1) is 5.92 Å². The average Bonchev–Trinajstić information content (AvgIpc) is 3.08. The summed E-state index contributed by atoms with van der Waals surface area (Å²) in [5.41, 5.74) is 2.93. The quantitative estimate of drug-likeness (QED) is 0.850. The van der Waals surface area contributed by atoms with Gasteiger partial charge < -0.3 is 10.1 Å².